The summed E-state index contributed by atoms with van der Waals surface area (Å²) in [4.78, 5) is 21.7. The summed E-state index contributed by atoms with van der Waals surface area (Å²) in [5.41, 5.74) is 0.931. The van der Waals surface area contributed by atoms with Gasteiger partial charge in [0.25, 0.3) is 0 Å². The van der Waals surface area contributed by atoms with E-state index >= 15 is 0 Å². The van der Waals surface area contributed by atoms with Crippen LogP contribution in [0.25, 0.3) is 0 Å². The zero-order valence-electron chi connectivity index (χ0n) is 8.77. The van der Waals surface area contributed by atoms with Gasteiger partial charge in [-0.05, 0) is 27.7 Å². The fraction of sp³-hybridized carbons (Fsp3) is 0.750. The van der Waals surface area contributed by atoms with Crippen molar-refractivity contribution < 1.29 is 19.5 Å². The van der Waals surface area contributed by atoms with E-state index in [0.717, 1.165) is 0 Å². The first-order valence-corrected chi connectivity index (χ1v) is 4.19. The highest BCUT2D eigenvalue weighted by molar-refractivity contribution is 5.72. The van der Waals surface area contributed by atoms with Gasteiger partial charge in [0, 0.05) is 0 Å². The van der Waals surface area contributed by atoms with Crippen LogP contribution >= 0.6 is 0 Å². The molecule has 82 valence electrons. The van der Waals surface area contributed by atoms with Gasteiger partial charge in [0.2, 0.25) is 0 Å². The Kier molecular flexibility index (Phi) is 4.52. The van der Waals surface area contributed by atoms with Gasteiger partial charge < -0.3 is 9.53 Å². The van der Waals surface area contributed by atoms with Crippen LogP contribution in [-0.2, 0) is 9.53 Å². The second kappa shape index (κ2) is 4.92. The van der Waals surface area contributed by atoms with E-state index in [-0.39, 0.29) is 0 Å². The van der Waals surface area contributed by atoms with Crippen LogP contribution in [0.15, 0.2) is 0 Å². The molecule has 0 unspecified atom stereocenters. The van der Waals surface area contributed by atoms with Crippen LogP contribution < -0.4 is 5.59 Å². The molecule has 0 spiro atoms. The average molecular weight is 204 g/mol. The number of aldehydes is 1. The molecule has 0 aliphatic rings. The number of carbonyl (C=O) groups excluding carboxylic acids is 2. The van der Waals surface area contributed by atoms with Crippen LogP contribution in [0.4, 0.5) is 4.79 Å². The Labute approximate surface area is 82.8 Å². The summed E-state index contributed by atoms with van der Waals surface area (Å²) in [5, 5.41) is 9.30. The molecule has 0 saturated carbocycles. The first-order chi connectivity index (χ1) is 6.31. The standard InChI is InChI=1S/C8H16N2O4/c1-6(5-11)10(9-13)7(12)14-8(2,3)4/h5-6,9,13H,1-4H3/t6-/m1/s1. The van der Waals surface area contributed by atoms with Crippen molar-refractivity contribution in [2.75, 3.05) is 0 Å². The fourth-order valence-corrected chi connectivity index (χ4v) is 0.670. The predicted molar refractivity (Wildman–Crippen MR) is 48.5 cm³/mol. The monoisotopic (exact) mass is 204 g/mol. The van der Waals surface area contributed by atoms with Crippen LogP contribution in [0.3, 0.4) is 0 Å². The van der Waals surface area contributed by atoms with E-state index in [1.165, 1.54) is 6.92 Å². The highest BCUT2D eigenvalue weighted by Crippen LogP contribution is 2.09. The number of amides is 1. The average Bonchev–Trinajstić information content (AvgIpc) is 2.01. The van der Waals surface area contributed by atoms with E-state index in [2.05, 4.69) is 0 Å². The molecule has 0 aromatic heterocycles. The van der Waals surface area contributed by atoms with Gasteiger partial charge in [-0.3, -0.25) is 5.21 Å². The largest absolute Gasteiger partial charge is 0.443 e. The van der Waals surface area contributed by atoms with Gasteiger partial charge in [0.15, 0.2) is 0 Å². The molecule has 6 heteroatoms. The Balaban J connectivity index is 4.40. The van der Waals surface area contributed by atoms with Crippen molar-refractivity contribution in [1.29, 1.82) is 0 Å². The maximum atomic E-state index is 11.3. The van der Waals surface area contributed by atoms with Crippen LogP contribution in [0.5, 0.6) is 0 Å². The van der Waals surface area contributed by atoms with Gasteiger partial charge in [-0.25, -0.2) is 9.80 Å². The van der Waals surface area contributed by atoms with Crippen molar-refractivity contribution in [3.05, 3.63) is 0 Å². The van der Waals surface area contributed by atoms with Crippen molar-refractivity contribution in [3.8, 4) is 0 Å². The lowest BCUT2D eigenvalue weighted by molar-refractivity contribution is -0.118. The summed E-state index contributed by atoms with van der Waals surface area (Å²) in [5.74, 6) is 0. The van der Waals surface area contributed by atoms with Crippen LogP contribution in [0, 0.1) is 0 Å². The predicted octanol–water partition coefficient (Wildman–Crippen LogP) is 0.705. The fourth-order valence-electron chi connectivity index (χ4n) is 0.670. The molecule has 0 heterocycles. The molecule has 0 aliphatic carbocycles. The van der Waals surface area contributed by atoms with Gasteiger partial charge in [-0.15, -0.1) is 5.59 Å². The third-order valence-electron chi connectivity index (χ3n) is 1.30. The van der Waals surface area contributed by atoms with E-state index < -0.39 is 17.7 Å². The van der Waals surface area contributed by atoms with E-state index in [9.17, 15) is 9.59 Å². The Morgan fingerprint density at radius 3 is 2.36 bits per heavy atom. The van der Waals surface area contributed by atoms with E-state index in [0.29, 0.717) is 11.3 Å². The van der Waals surface area contributed by atoms with E-state index in [1.54, 1.807) is 26.4 Å². The zero-order chi connectivity index (χ0) is 11.4. The Morgan fingerprint density at radius 1 is 1.57 bits per heavy atom. The number of nitrogens with one attached hydrogen (secondary N) is 1. The first-order valence-electron chi connectivity index (χ1n) is 4.19. The highest BCUT2D eigenvalue weighted by Gasteiger charge is 2.25. The number of hydrogen-bond acceptors (Lipinski definition) is 5. The minimum atomic E-state index is -0.806. The van der Waals surface area contributed by atoms with E-state index in [4.69, 9.17) is 9.94 Å². The van der Waals surface area contributed by atoms with Crippen molar-refractivity contribution >= 4 is 12.4 Å². The third kappa shape index (κ3) is 4.20. The maximum absolute atomic E-state index is 11.3. The van der Waals surface area contributed by atoms with E-state index in [1.807, 2.05) is 0 Å². The first kappa shape index (κ1) is 12.9. The minimum absolute atomic E-state index is 0.507. The van der Waals surface area contributed by atoms with Crippen molar-refractivity contribution in [2.24, 2.45) is 0 Å². The van der Waals surface area contributed by atoms with Crippen LogP contribution in [0.2, 0.25) is 0 Å². The molecular formula is C8H16N2O4. The second-order valence-electron chi connectivity index (χ2n) is 3.83. The summed E-state index contributed by atoms with van der Waals surface area (Å²) in [6, 6.07) is -0.796. The number of ether oxygens (including phenoxy) is 1. The SMILES string of the molecule is C[C@H](C=O)N(NO)C(=O)OC(C)(C)C. The summed E-state index contributed by atoms with van der Waals surface area (Å²) in [6.07, 6.45) is -0.299. The quantitative estimate of drug-likeness (QED) is 0.522. The van der Waals surface area contributed by atoms with Crippen molar-refractivity contribution in [2.45, 2.75) is 39.3 Å². The molecule has 14 heavy (non-hydrogen) atoms. The van der Waals surface area contributed by atoms with Gasteiger partial charge in [-0.2, -0.15) is 0 Å². The molecule has 0 aromatic rings. The molecule has 0 saturated heterocycles. The van der Waals surface area contributed by atoms with Crippen LogP contribution in [-0.4, -0.2) is 34.2 Å². The topological polar surface area (TPSA) is 78.9 Å². The Hall–Kier alpha value is -1.14. The molecular weight excluding hydrogens is 188 g/mol. The summed E-state index contributed by atoms with van der Waals surface area (Å²) < 4.78 is 4.92. The molecule has 0 fully saturated rings. The zero-order valence-corrected chi connectivity index (χ0v) is 8.77. The molecule has 0 aliphatic heterocycles. The number of rotatable bonds is 3. The second-order valence-corrected chi connectivity index (χ2v) is 3.83. The summed E-state index contributed by atoms with van der Waals surface area (Å²) in [6.45, 7) is 6.50. The Bertz CT molecular complexity index is 212. The summed E-state index contributed by atoms with van der Waals surface area (Å²) >= 11 is 0. The normalized spacial score (nSPS) is 13.2. The van der Waals surface area contributed by atoms with Gasteiger partial charge in [0.05, 0.1) is 0 Å². The molecule has 0 aromatic carbocycles. The number of hydrogen-bond donors (Lipinski definition) is 2. The van der Waals surface area contributed by atoms with Gasteiger partial charge >= 0.3 is 6.09 Å². The molecule has 0 bridgehead atoms. The lowest BCUT2D eigenvalue weighted by atomic mass is 10.2. The van der Waals surface area contributed by atoms with Crippen LogP contribution in [0.1, 0.15) is 27.7 Å². The lowest BCUT2D eigenvalue weighted by Gasteiger charge is -2.27. The van der Waals surface area contributed by atoms with Gasteiger partial charge in [0.1, 0.15) is 17.9 Å². The highest BCUT2D eigenvalue weighted by atomic mass is 16.6. The number of carbonyl (C=O) groups is 2. The molecule has 1 atom stereocenters. The summed E-state index contributed by atoms with van der Waals surface area (Å²) in [7, 11) is 0. The lowest BCUT2D eigenvalue weighted by Crippen LogP contribution is -2.49. The smallest absolute Gasteiger partial charge is 0.427 e. The molecule has 1 amide bonds. The minimum Gasteiger partial charge on any atom is -0.443 e. The maximum Gasteiger partial charge on any atom is 0.427 e. The molecule has 0 rings (SSSR count). The van der Waals surface area contributed by atoms with Crippen molar-refractivity contribution in [1.82, 2.24) is 10.6 Å². The van der Waals surface area contributed by atoms with Gasteiger partial charge in [-0.1, -0.05) is 0 Å². The number of nitrogens with zero attached hydrogens (tertiary/aromatic N) is 1. The number of hydrazine groups is 1. The Morgan fingerprint density at radius 2 is 2.07 bits per heavy atom. The third-order valence-corrected chi connectivity index (χ3v) is 1.30. The van der Waals surface area contributed by atoms with Crippen molar-refractivity contribution in [3.63, 3.8) is 0 Å². The molecule has 6 nitrogen and oxygen atoms in total. The molecule has 2 N–H and O–H groups in total. The molecule has 0 radical (unpaired) electrons.